The molecule has 2 heterocycles. The smallest absolute Gasteiger partial charge is 0.265 e. The second kappa shape index (κ2) is 9.90. The van der Waals surface area contributed by atoms with Gasteiger partial charge in [0, 0.05) is 17.3 Å². The lowest BCUT2D eigenvalue weighted by Crippen LogP contribution is -2.50. The Morgan fingerprint density at radius 2 is 1.59 bits per heavy atom. The van der Waals surface area contributed by atoms with Gasteiger partial charge in [0.1, 0.15) is 11.8 Å². The van der Waals surface area contributed by atoms with Gasteiger partial charge in [0.15, 0.2) is 12.4 Å². The summed E-state index contributed by atoms with van der Waals surface area (Å²) in [5.74, 6) is 0.563. The molecule has 2 fully saturated rings. The quantitative estimate of drug-likeness (QED) is 0.373. The maximum Gasteiger partial charge on any atom is 0.265 e. The molecule has 5 rings (SSSR count). The second-order valence-electron chi connectivity index (χ2n) is 8.44. The molecule has 8 heteroatoms. The molecule has 0 unspecified atom stereocenters. The van der Waals surface area contributed by atoms with E-state index < -0.39 is 24.5 Å². The summed E-state index contributed by atoms with van der Waals surface area (Å²) < 4.78 is 11.3. The number of rotatable bonds is 7. The molecule has 0 aliphatic carbocycles. The number of hydrogen-bond donors (Lipinski definition) is 0. The molecule has 0 aromatic heterocycles. The summed E-state index contributed by atoms with van der Waals surface area (Å²) in [6, 6.07) is 25.1. The van der Waals surface area contributed by atoms with Crippen LogP contribution in [0.5, 0.6) is 5.75 Å². The van der Waals surface area contributed by atoms with Crippen molar-refractivity contribution in [1.82, 2.24) is 5.23 Å². The zero-order chi connectivity index (χ0) is 23.5. The Balaban J connectivity index is 1.41. The number of hydroxylamine groups is 2. The minimum atomic E-state index is -0.991. The fraction of sp³-hybridized carbons (Fsp3) is 0.308. The van der Waals surface area contributed by atoms with Crippen LogP contribution in [0.15, 0.2) is 84.9 Å². The van der Waals surface area contributed by atoms with Crippen LogP contribution < -0.4 is 4.74 Å². The number of ether oxygens (including phenoxy) is 2. The molecule has 0 amide bonds. The average Bonchev–Trinajstić information content (AvgIpc) is 3.28. The molecule has 5 atom stereocenters. The Bertz CT molecular complexity index is 1100. The second-order valence-corrected chi connectivity index (χ2v) is 8.44. The molecule has 2 aliphatic heterocycles. The van der Waals surface area contributed by atoms with Gasteiger partial charge in [-0.1, -0.05) is 78.0 Å². The summed E-state index contributed by atoms with van der Waals surface area (Å²) in [4.78, 5) is 24.1. The first-order valence-corrected chi connectivity index (χ1v) is 11.2. The third kappa shape index (κ3) is 4.53. The van der Waals surface area contributed by atoms with E-state index >= 15 is 0 Å². The van der Waals surface area contributed by atoms with Crippen molar-refractivity contribution in [3.63, 3.8) is 0 Å². The number of hydrogen-bond acceptors (Lipinski definition) is 7. The number of methoxy groups -OCH3 is 1. The highest BCUT2D eigenvalue weighted by molar-refractivity contribution is 5.27. The molecular formula is C26H26N2O6. The maximum absolute atomic E-state index is 12.3. The monoisotopic (exact) mass is 462 g/mol. The van der Waals surface area contributed by atoms with Crippen molar-refractivity contribution in [2.45, 2.75) is 43.4 Å². The average molecular weight is 463 g/mol. The van der Waals surface area contributed by atoms with Crippen molar-refractivity contribution >= 4 is 0 Å². The third-order valence-electron chi connectivity index (χ3n) is 6.40. The zero-order valence-corrected chi connectivity index (χ0v) is 18.7. The molecule has 2 saturated heterocycles. The summed E-state index contributed by atoms with van der Waals surface area (Å²) in [5, 5.41) is 13.6. The van der Waals surface area contributed by atoms with Gasteiger partial charge in [-0.25, -0.2) is 4.84 Å². The molecule has 176 valence electrons. The number of nitrogens with zero attached hydrogens (tertiary/aromatic N) is 2. The van der Waals surface area contributed by atoms with Crippen molar-refractivity contribution in [1.29, 1.82) is 0 Å². The molecule has 0 spiro atoms. The molecule has 0 saturated carbocycles. The first-order valence-electron chi connectivity index (χ1n) is 11.2. The van der Waals surface area contributed by atoms with Crippen LogP contribution in [0.25, 0.3) is 0 Å². The Morgan fingerprint density at radius 1 is 0.941 bits per heavy atom. The fourth-order valence-corrected chi connectivity index (χ4v) is 4.71. The Morgan fingerprint density at radius 3 is 2.21 bits per heavy atom. The number of fused-ring (bicyclic) bond motifs is 1. The lowest BCUT2D eigenvalue weighted by Gasteiger charge is -2.38. The molecule has 34 heavy (non-hydrogen) atoms. The topological polar surface area (TPSA) is 83.3 Å². The first-order chi connectivity index (χ1) is 16.6. The van der Waals surface area contributed by atoms with Gasteiger partial charge >= 0.3 is 0 Å². The van der Waals surface area contributed by atoms with E-state index in [1.165, 1.54) is 5.23 Å². The van der Waals surface area contributed by atoms with E-state index in [2.05, 4.69) is 0 Å². The van der Waals surface area contributed by atoms with Gasteiger partial charge in [-0.3, -0.25) is 15.0 Å². The highest BCUT2D eigenvalue weighted by Crippen LogP contribution is 2.46. The van der Waals surface area contributed by atoms with E-state index in [1.54, 1.807) is 7.11 Å². The lowest BCUT2D eigenvalue weighted by atomic mass is 9.82. The molecule has 2 aliphatic rings. The Hall–Kier alpha value is -3.30. The molecule has 8 nitrogen and oxygen atoms in total. The Kier molecular flexibility index (Phi) is 6.55. The fourth-order valence-electron chi connectivity index (χ4n) is 4.71. The van der Waals surface area contributed by atoms with Gasteiger partial charge in [0.25, 0.3) is 6.04 Å². The van der Waals surface area contributed by atoms with Crippen LogP contribution in [-0.2, 0) is 21.0 Å². The molecule has 3 aromatic carbocycles. The van der Waals surface area contributed by atoms with E-state index in [0.717, 1.165) is 22.4 Å². The standard InChI is InChI=1S/C26H26N2O6/c1-31-21-14-12-18(13-15-21)17-32-23-16-22(19-8-4-2-5-9-19)24-25(27(29)30)26(34-28(24)33-23)20-10-6-3-7-11-20/h2-15,22-26H,16-17H2,1H3/t22-,23+,24+,25+,26-/m0/s1. The van der Waals surface area contributed by atoms with Crippen LogP contribution >= 0.6 is 0 Å². The van der Waals surface area contributed by atoms with Crippen molar-refractivity contribution in [2.75, 3.05) is 7.11 Å². The number of nitro groups is 1. The Labute approximate surface area is 197 Å². The van der Waals surface area contributed by atoms with E-state index in [4.69, 9.17) is 19.1 Å². The van der Waals surface area contributed by atoms with Crippen LogP contribution in [0.1, 0.15) is 35.1 Å². The van der Waals surface area contributed by atoms with Crippen LogP contribution in [0, 0.1) is 10.1 Å². The van der Waals surface area contributed by atoms with E-state index in [1.807, 2.05) is 84.9 Å². The molecule has 0 N–H and O–H groups in total. The molecule has 3 aromatic rings. The summed E-state index contributed by atoms with van der Waals surface area (Å²) >= 11 is 0. The van der Waals surface area contributed by atoms with Crippen LogP contribution in [0.2, 0.25) is 0 Å². The predicted molar refractivity (Wildman–Crippen MR) is 123 cm³/mol. The van der Waals surface area contributed by atoms with Gasteiger partial charge in [-0.15, -0.1) is 0 Å². The SMILES string of the molecule is COc1ccc(CO[C@H]2C[C@@H](c3ccccc3)[C@@H]3[C@@H]([N+](=O)[O-])[C@H](c4ccccc4)ON3O2)cc1. The van der Waals surface area contributed by atoms with Crippen LogP contribution in [0.3, 0.4) is 0 Å². The minimum absolute atomic E-state index is 0.208. The van der Waals surface area contributed by atoms with Gasteiger partial charge in [-0.05, 0) is 28.8 Å². The largest absolute Gasteiger partial charge is 0.497 e. The van der Waals surface area contributed by atoms with Crippen molar-refractivity contribution in [3.8, 4) is 5.75 Å². The highest BCUT2D eigenvalue weighted by atomic mass is 17.0. The van der Waals surface area contributed by atoms with Gasteiger partial charge in [0.05, 0.1) is 13.7 Å². The summed E-state index contributed by atoms with van der Waals surface area (Å²) in [6.45, 7) is 0.329. The van der Waals surface area contributed by atoms with E-state index in [-0.39, 0.29) is 10.8 Å². The van der Waals surface area contributed by atoms with E-state index in [9.17, 15) is 10.1 Å². The first kappa shape index (κ1) is 22.5. The van der Waals surface area contributed by atoms with Gasteiger partial charge < -0.3 is 9.47 Å². The maximum atomic E-state index is 12.3. The summed E-state index contributed by atoms with van der Waals surface area (Å²) in [6.07, 6.45) is -0.908. The van der Waals surface area contributed by atoms with Gasteiger partial charge in [0.2, 0.25) is 0 Å². The normalized spacial score (nSPS) is 26.7. The summed E-state index contributed by atoms with van der Waals surface area (Å²) in [5.41, 5.74) is 2.70. The number of benzene rings is 3. The lowest BCUT2D eigenvalue weighted by molar-refractivity contribution is -0.533. The van der Waals surface area contributed by atoms with Crippen LogP contribution in [0.4, 0.5) is 0 Å². The molecular weight excluding hydrogens is 436 g/mol. The van der Waals surface area contributed by atoms with E-state index in [0.29, 0.717) is 13.0 Å². The summed E-state index contributed by atoms with van der Waals surface area (Å²) in [7, 11) is 1.62. The zero-order valence-electron chi connectivity index (χ0n) is 18.7. The predicted octanol–water partition coefficient (Wildman–Crippen LogP) is 4.66. The van der Waals surface area contributed by atoms with Crippen molar-refractivity contribution in [2.24, 2.45) is 0 Å². The molecule has 0 bridgehead atoms. The third-order valence-corrected chi connectivity index (χ3v) is 6.40. The highest BCUT2D eigenvalue weighted by Gasteiger charge is 2.59. The van der Waals surface area contributed by atoms with Crippen molar-refractivity contribution in [3.05, 3.63) is 112 Å². The van der Waals surface area contributed by atoms with Crippen LogP contribution in [-0.4, -0.2) is 35.6 Å². The molecule has 0 radical (unpaired) electrons. The van der Waals surface area contributed by atoms with Crippen molar-refractivity contribution < 1.29 is 24.1 Å². The van der Waals surface area contributed by atoms with Gasteiger partial charge in [-0.2, -0.15) is 0 Å². The minimum Gasteiger partial charge on any atom is -0.497 e.